The van der Waals surface area contributed by atoms with Crippen molar-refractivity contribution in [2.75, 3.05) is 19.6 Å². The summed E-state index contributed by atoms with van der Waals surface area (Å²) in [7, 11) is 0. The fourth-order valence-electron chi connectivity index (χ4n) is 5.75. The van der Waals surface area contributed by atoms with Crippen LogP contribution in [0.1, 0.15) is 69.2 Å². The Bertz CT molecular complexity index is 796. The molecular weight excluding hydrogens is 406 g/mol. The quantitative estimate of drug-likeness (QED) is 0.696. The molecule has 2 aliphatic heterocycles. The predicted octanol–water partition coefficient (Wildman–Crippen LogP) is 1.77. The van der Waals surface area contributed by atoms with Gasteiger partial charge in [-0.25, -0.2) is 0 Å². The van der Waals surface area contributed by atoms with E-state index >= 15 is 0 Å². The highest BCUT2D eigenvalue weighted by Crippen LogP contribution is 2.27. The number of piperidine rings is 1. The molecule has 1 saturated carbocycles. The second-order valence-electron chi connectivity index (χ2n) is 9.96. The Morgan fingerprint density at radius 1 is 1.12 bits per heavy atom. The van der Waals surface area contributed by atoms with Gasteiger partial charge in [0, 0.05) is 50.4 Å². The number of carbonyl (C=O) groups excluding carboxylic acids is 2. The molecule has 178 valence electrons. The second kappa shape index (κ2) is 10.3. The number of carbonyl (C=O) groups is 2. The van der Waals surface area contributed by atoms with E-state index in [1.165, 1.54) is 19.3 Å². The van der Waals surface area contributed by atoms with Crippen molar-refractivity contribution in [3.8, 4) is 0 Å². The van der Waals surface area contributed by atoms with Crippen LogP contribution in [-0.4, -0.2) is 80.4 Å². The summed E-state index contributed by atoms with van der Waals surface area (Å²) in [5.41, 5.74) is 2.06. The van der Waals surface area contributed by atoms with Crippen LogP contribution in [0, 0.1) is 13.8 Å². The van der Waals surface area contributed by atoms with Crippen molar-refractivity contribution in [1.29, 1.82) is 0 Å². The van der Waals surface area contributed by atoms with Crippen molar-refractivity contribution < 1.29 is 14.7 Å². The summed E-state index contributed by atoms with van der Waals surface area (Å²) in [5, 5.41) is 18.0. The number of nitrogens with one attached hydrogen (secondary N) is 1. The van der Waals surface area contributed by atoms with E-state index in [2.05, 4.69) is 15.3 Å². The molecule has 2 amide bonds. The predicted molar refractivity (Wildman–Crippen MR) is 122 cm³/mol. The van der Waals surface area contributed by atoms with E-state index in [4.69, 9.17) is 0 Å². The number of aryl methyl sites for hydroxylation is 3. The Hall–Kier alpha value is -1.93. The van der Waals surface area contributed by atoms with Crippen LogP contribution in [0.25, 0.3) is 0 Å². The van der Waals surface area contributed by atoms with E-state index in [0.29, 0.717) is 39.0 Å². The number of aromatic nitrogens is 2. The first-order chi connectivity index (χ1) is 15.4. The van der Waals surface area contributed by atoms with E-state index in [0.717, 1.165) is 37.1 Å². The fraction of sp³-hybridized carbons (Fsp3) is 0.792. The van der Waals surface area contributed by atoms with Gasteiger partial charge in [-0.3, -0.25) is 19.2 Å². The monoisotopic (exact) mass is 445 g/mol. The number of hydrogen-bond acceptors (Lipinski definition) is 5. The van der Waals surface area contributed by atoms with Gasteiger partial charge >= 0.3 is 0 Å². The number of aliphatic hydroxyl groups excluding tert-OH is 1. The lowest BCUT2D eigenvalue weighted by Gasteiger charge is -2.39. The molecule has 3 aliphatic rings. The minimum Gasteiger partial charge on any atom is -0.392 e. The number of β-amino-alcohol motifs (C(OH)–C–C–N with tert-alkyl or cyclic N) is 1. The summed E-state index contributed by atoms with van der Waals surface area (Å²) in [6, 6.07) is 2.32. The van der Waals surface area contributed by atoms with Crippen molar-refractivity contribution in [2.24, 2.45) is 0 Å². The molecule has 1 aromatic heterocycles. The molecule has 3 heterocycles. The average molecular weight is 446 g/mol. The molecule has 0 radical (unpaired) electrons. The molecule has 2 atom stereocenters. The van der Waals surface area contributed by atoms with Gasteiger partial charge in [0.2, 0.25) is 11.8 Å². The summed E-state index contributed by atoms with van der Waals surface area (Å²) >= 11 is 0. The van der Waals surface area contributed by atoms with Gasteiger partial charge in [-0.2, -0.15) is 5.10 Å². The zero-order valence-corrected chi connectivity index (χ0v) is 19.6. The first-order valence-electron chi connectivity index (χ1n) is 12.4. The van der Waals surface area contributed by atoms with Crippen LogP contribution in [0.2, 0.25) is 0 Å². The number of hydrogen-bond donors (Lipinski definition) is 2. The Morgan fingerprint density at radius 3 is 2.50 bits per heavy atom. The largest absolute Gasteiger partial charge is 0.392 e. The maximum Gasteiger partial charge on any atom is 0.237 e. The Morgan fingerprint density at radius 2 is 1.84 bits per heavy atom. The van der Waals surface area contributed by atoms with E-state index < -0.39 is 6.10 Å². The summed E-state index contributed by atoms with van der Waals surface area (Å²) in [6.45, 7) is 6.57. The molecule has 0 unspecified atom stereocenters. The topological polar surface area (TPSA) is 90.7 Å². The average Bonchev–Trinajstić information content (AvgIpc) is 3.34. The van der Waals surface area contributed by atoms with Gasteiger partial charge in [-0.1, -0.05) is 19.3 Å². The van der Waals surface area contributed by atoms with Crippen LogP contribution in [0.15, 0.2) is 6.07 Å². The minimum absolute atomic E-state index is 0.0804. The Balaban J connectivity index is 1.26. The molecular formula is C24H39N5O3. The number of aliphatic hydroxyl groups is 1. The summed E-state index contributed by atoms with van der Waals surface area (Å²) in [5.74, 6) is 0.251. The molecule has 0 spiro atoms. The van der Waals surface area contributed by atoms with Crippen molar-refractivity contribution in [3.63, 3.8) is 0 Å². The summed E-state index contributed by atoms with van der Waals surface area (Å²) in [4.78, 5) is 29.9. The highest BCUT2D eigenvalue weighted by atomic mass is 16.3. The zero-order chi connectivity index (χ0) is 22.7. The first kappa shape index (κ1) is 23.2. The Labute approximate surface area is 191 Å². The maximum atomic E-state index is 13.0. The van der Waals surface area contributed by atoms with E-state index in [9.17, 15) is 14.7 Å². The lowest BCUT2D eigenvalue weighted by Crippen LogP contribution is -2.53. The van der Waals surface area contributed by atoms with Crippen LogP contribution >= 0.6 is 0 Å². The third kappa shape index (κ3) is 5.52. The van der Waals surface area contributed by atoms with Crippen LogP contribution < -0.4 is 5.32 Å². The molecule has 4 rings (SSSR count). The molecule has 0 aromatic carbocycles. The van der Waals surface area contributed by atoms with Gasteiger partial charge in [-0.15, -0.1) is 0 Å². The van der Waals surface area contributed by atoms with E-state index in [1.807, 2.05) is 29.5 Å². The van der Waals surface area contributed by atoms with E-state index in [-0.39, 0.29) is 29.9 Å². The molecule has 32 heavy (non-hydrogen) atoms. The standard InChI is InChI=1S/C24H39N5O3/c1-17-14-18(2)29(26-17)13-10-23(31)27-11-8-20(9-12-27)28-16-21(30)15-22(28)24(32)25-19-6-4-3-5-7-19/h14,19-22,30H,3-13,15-16H2,1-2H3,(H,25,32)/t21-,22+/m1/s1. The van der Waals surface area contributed by atoms with Gasteiger partial charge in [0.1, 0.15) is 0 Å². The minimum atomic E-state index is -0.447. The number of amides is 2. The van der Waals surface area contributed by atoms with Gasteiger partial charge in [0.25, 0.3) is 0 Å². The third-order valence-corrected chi connectivity index (χ3v) is 7.50. The molecule has 1 aliphatic carbocycles. The molecule has 2 N–H and O–H groups in total. The van der Waals surface area contributed by atoms with Gasteiger partial charge in [-0.05, 0) is 52.0 Å². The van der Waals surface area contributed by atoms with Crippen molar-refractivity contribution in [1.82, 2.24) is 24.9 Å². The van der Waals surface area contributed by atoms with Crippen LogP contribution in [0.4, 0.5) is 0 Å². The highest BCUT2D eigenvalue weighted by molar-refractivity contribution is 5.82. The van der Waals surface area contributed by atoms with Crippen molar-refractivity contribution in [2.45, 2.75) is 102 Å². The molecule has 1 aromatic rings. The van der Waals surface area contributed by atoms with Crippen molar-refractivity contribution in [3.05, 3.63) is 17.5 Å². The SMILES string of the molecule is Cc1cc(C)n(CCC(=O)N2CCC(N3C[C@H](O)C[C@H]3C(=O)NC3CCCCC3)CC2)n1. The number of rotatable bonds is 6. The van der Waals surface area contributed by atoms with Gasteiger partial charge in [0.05, 0.1) is 17.8 Å². The first-order valence-corrected chi connectivity index (χ1v) is 12.4. The Kier molecular flexibility index (Phi) is 7.51. The molecule has 0 bridgehead atoms. The smallest absolute Gasteiger partial charge is 0.237 e. The summed E-state index contributed by atoms with van der Waals surface area (Å²) < 4.78 is 1.90. The van der Waals surface area contributed by atoms with Gasteiger partial charge in [0.15, 0.2) is 0 Å². The molecule has 8 heteroatoms. The second-order valence-corrected chi connectivity index (χ2v) is 9.96. The lowest BCUT2D eigenvalue weighted by molar-refractivity contribution is -0.134. The maximum absolute atomic E-state index is 13.0. The fourth-order valence-corrected chi connectivity index (χ4v) is 5.75. The molecule has 8 nitrogen and oxygen atoms in total. The van der Waals surface area contributed by atoms with E-state index in [1.54, 1.807) is 0 Å². The van der Waals surface area contributed by atoms with Crippen LogP contribution in [-0.2, 0) is 16.1 Å². The normalized spacial score (nSPS) is 25.9. The van der Waals surface area contributed by atoms with Crippen molar-refractivity contribution >= 4 is 11.8 Å². The van der Waals surface area contributed by atoms with Crippen LogP contribution in [0.3, 0.4) is 0 Å². The molecule has 2 saturated heterocycles. The lowest BCUT2D eigenvalue weighted by atomic mass is 9.95. The van der Waals surface area contributed by atoms with Crippen LogP contribution in [0.5, 0.6) is 0 Å². The highest BCUT2D eigenvalue weighted by Gasteiger charge is 2.41. The molecule has 3 fully saturated rings. The third-order valence-electron chi connectivity index (χ3n) is 7.50. The van der Waals surface area contributed by atoms with Gasteiger partial charge < -0.3 is 15.3 Å². The number of likely N-dealkylation sites (tertiary alicyclic amines) is 2. The zero-order valence-electron chi connectivity index (χ0n) is 19.6. The number of nitrogens with zero attached hydrogens (tertiary/aromatic N) is 4. The summed E-state index contributed by atoms with van der Waals surface area (Å²) in [6.07, 6.45) is 8.01.